The first kappa shape index (κ1) is 9.89. The van der Waals surface area contributed by atoms with Gasteiger partial charge >= 0.3 is 0 Å². The molecule has 76 valence electrons. The molecule has 0 aromatic heterocycles. The molecule has 0 aromatic rings. The Morgan fingerprint density at radius 3 is 2.69 bits per heavy atom. The SMILES string of the molecule is CNCC1CC2(C1)CN(CPC)C2. The number of hydrogen-bond acceptors (Lipinski definition) is 2. The second-order valence-electron chi connectivity index (χ2n) is 4.83. The fourth-order valence-electron chi connectivity index (χ4n) is 3.09. The summed E-state index contributed by atoms with van der Waals surface area (Å²) in [7, 11) is 3.17. The number of rotatable bonds is 4. The Kier molecular flexibility index (Phi) is 2.92. The van der Waals surface area contributed by atoms with Crippen LogP contribution < -0.4 is 5.32 Å². The van der Waals surface area contributed by atoms with Crippen molar-refractivity contribution >= 4 is 8.58 Å². The lowest BCUT2D eigenvalue weighted by Crippen LogP contribution is -2.62. The number of likely N-dealkylation sites (tertiary alicyclic amines) is 1. The van der Waals surface area contributed by atoms with E-state index in [1.807, 2.05) is 0 Å². The third-order valence-corrected chi connectivity index (χ3v) is 4.20. The molecule has 0 amide bonds. The van der Waals surface area contributed by atoms with Gasteiger partial charge in [-0.25, -0.2) is 0 Å². The zero-order valence-electron chi connectivity index (χ0n) is 8.77. The first-order valence-electron chi connectivity index (χ1n) is 5.29. The van der Waals surface area contributed by atoms with Crippen molar-refractivity contribution in [2.24, 2.45) is 11.3 Å². The normalized spacial score (nSPS) is 28.2. The van der Waals surface area contributed by atoms with E-state index in [0.29, 0.717) is 0 Å². The van der Waals surface area contributed by atoms with Crippen LogP contribution in [0.2, 0.25) is 0 Å². The van der Waals surface area contributed by atoms with Crippen molar-refractivity contribution in [1.82, 2.24) is 10.2 Å². The highest BCUT2D eigenvalue weighted by Gasteiger charge is 2.51. The van der Waals surface area contributed by atoms with Crippen LogP contribution >= 0.6 is 8.58 Å². The summed E-state index contributed by atoms with van der Waals surface area (Å²) < 4.78 is 0. The molecule has 2 fully saturated rings. The maximum Gasteiger partial charge on any atom is 0.0153 e. The Balaban J connectivity index is 1.64. The van der Waals surface area contributed by atoms with Crippen molar-refractivity contribution in [3.8, 4) is 0 Å². The second-order valence-corrected chi connectivity index (χ2v) is 5.85. The smallest absolute Gasteiger partial charge is 0.0153 e. The molecule has 1 saturated carbocycles. The molecular weight excluding hydrogens is 179 g/mol. The van der Waals surface area contributed by atoms with Crippen molar-refractivity contribution in [1.29, 1.82) is 0 Å². The van der Waals surface area contributed by atoms with Gasteiger partial charge in [-0.3, -0.25) is 4.90 Å². The van der Waals surface area contributed by atoms with Gasteiger partial charge in [0.2, 0.25) is 0 Å². The number of hydrogen-bond donors (Lipinski definition) is 1. The van der Waals surface area contributed by atoms with Crippen molar-refractivity contribution in [2.75, 3.05) is 39.6 Å². The molecule has 1 saturated heterocycles. The first-order valence-corrected chi connectivity index (χ1v) is 7.00. The van der Waals surface area contributed by atoms with Gasteiger partial charge in [-0.2, -0.15) is 0 Å². The van der Waals surface area contributed by atoms with Crippen molar-refractivity contribution in [2.45, 2.75) is 12.8 Å². The maximum atomic E-state index is 3.28. The van der Waals surface area contributed by atoms with Crippen molar-refractivity contribution in [3.63, 3.8) is 0 Å². The zero-order valence-corrected chi connectivity index (χ0v) is 9.77. The van der Waals surface area contributed by atoms with E-state index in [4.69, 9.17) is 0 Å². The second kappa shape index (κ2) is 3.84. The van der Waals surface area contributed by atoms with E-state index < -0.39 is 0 Å². The molecule has 2 rings (SSSR count). The van der Waals surface area contributed by atoms with Gasteiger partial charge in [-0.1, -0.05) is 0 Å². The Morgan fingerprint density at radius 1 is 1.46 bits per heavy atom. The molecule has 1 atom stereocenters. The highest BCUT2D eigenvalue weighted by atomic mass is 31.1. The van der Waals surface area contributed by atoms with Gasteiger partial charge in [0.15, 0.2) is 0 Å². The van der Waals surface area contributed by atoms with Crippen LogP contribution in [0.3, 0.4) is 0 Å². The topological polar surface area (TPSA) is 15.3 Å². The van der Waals surface area contributed by atoms with Crippen LogP contribution in [0.15, 0.2) is 0 Å². The largest absolute Gasteiger partial charge is 0.319 e. The summed E-state index contributed by atoms with van der Waals surface area (Å²) in [5.74, 6) is 0.983. The average Bonchev–Trinajstić information content (AvgIpc) is 1.97. The van der Waals surface area contributed by atoms with Crippen LogP contribution in [0, 0.1) is 11.3 Å². The van der Waals surface area contributed by atoms with Crippen LogP contribution in [0.1, 0.15) is 12.8 Å². The van der Waals surface area contributed by atoms with Crippen molar-refractivity contribution < 1.29 is 0 Å². The molecule has 1 aliphatic heterocycles. The van der Waals surface area contributed by atoms with Crippen LogP contribution in [-0.2, 0) is 0 Å². The quantitative estimate of drug-likeness (QED) is 0.686. The highest BCUT2D eigenvalue weighted by molar-refractivity contribution is 7.36. The number of nitrogens with one attached hydrogen (secondary N) is 1. The average molecular weight is 200 g/mol. The predicted octanol–water partition coefficient (Wildman–Crippen LogP) is 1.18. The Bertz CT molecular complexity index is 148. The van der Waals surface area contributed by atoms with Gasteiger partial charge in [0, 0.05) is 19.4 Å². The lowest BCUT2D eigenvalue weighted by Gasteiger charge is -2.59. The van der Waals surface area contributed by atoms with Gasteiger partial charge in [0.05, 0.1) is 0 Å². The number of nitrogens with zero attached hydrogens (tertiary/aromatic N) is 1. The summed E-state index contributed by atoms with van der Waals surface area (Å²) in [5.41, 5.74) is 0.779. The van der Waals surface area contributed by atoms with Crippen LogP contribution in [0.25, 0.3) is 0 Å². The monoisotopic (exact) mass is 200 g/mol. The summed E-state index contributed by atoms with van der Waals surface area (Å²) in [4.78, 5) is 2.62. The minimum atomic E-state index is 0.779. The molecule has 0 aromatic carbocycles. The van der Waals surface area contributed by atoms with E-state index >= 15 is 0 Å². The van der Waals surface area contributed by atoms with Gasteiger partial charge in [-0.05, 0) is 44.4 Å². The van der Waals surface area contributed by atoms with E-state index in [1.165, 1.54) is 38.8 Å². The van der Waals surface area contributed by atoms with Crippen LogP contribution in [-0.4, -0.2) is 44.5 Å². The molecule has 2 aliphatic rings. The third-order valence-electron chi connectivity index (χ3n) is 3.44. The van der Waals surface area contributed by atoms with Gasteiger partial charge in [-0.15, -0.1) is 8.58 Å². The summed E-state index contributed by atoms with van der Waals surface area (Å²) in [6, 6.07) is 0. The lowest BCUT2D eigenvalue weighted by molar-refractivity contribution is -0.0836. The third kappa shape index (κ3) is 1.91. The molecule has 1 spiro atoms. The fourth-order valence-corrected chi connectivity index (χ4v) is 3.76. The van der Waals surface area contributed by atoms with Gasteiger partial charge < -0.3 is 5.32 Å². The minimum Gasteiger partial charge on any atom is -0.319 e. The maximum absolute atomic E-state index is 3.28. The molecule has 1 aliphatic carbocycles. The first-order chi connectivity index (χ1) is 6.28. The standard InChI is InChI=1S/C10H21N2P/c1-11-5-9-3-10(4-9)6-12(7-10)8-13-2/h9,11,13H,3-8H2,1-2H3. The zero-order chi connectivity index (χ0) is 9.31. The summed E-state index contributed by atoms with van der Waals surface area (Å²) in [5, 5.41) is 3.28. The Labute approximate surface area is 83.2 Å². The highest BCUT2D eigenvalue weighted by Crippen LogP contribution is 2.51. The minimum absolute atomic E-state index is 0.779. The van der Waals surface area contributed by atoms with E-state index in [9.17, 15) is 0 Å². The van der Waals surface area contributed by atoms with Crippen molar-refractivity contribution in [3.05, 3.63) is 0 Å². The Morgan fingerprint density at radius 2 is 2.15 bits per heavy atom. The van der Waals surface area contributed by atoms with Gasteiger partial charge in [0.1, 0.15) is 0 Å². The van der Waals surface area contributed by atoms with E-state index in [1.54, 1.807) is 0 Å². The molecule has 0 radical (unpaired) electrons. The molecule has 13 heavy (non-hydrogen) atoms. The summed E-state index contributed by atoms with van der Waals surface area (Å²) in [6.07, 6.45) is 4.31. The predicted molar refractivity (Wildman–Crippen MR) is 59.8 cm³/mol. The van der Waals surface area contributed by atoms with E-state index in [-0.39, 0.29) is 0 Å². The van der Waals surface area contributed by atoms with E-state index in [2.05, 4.69) is 23.9 Å². The molecule has 0 bridgehead atoms. The summed E-state index contributed by atoms with van der Waals surface area (Å²) in [6.45, 7) is 6.33. The van der Waals surface area contributed by atoms with Crippen LogP contribution in [0.4, 0.5) is 0 Å². The molecule has 1 unspecified atom stereocenters. The van der Waals surface area contributed by atoms with E-state index in [0.717, 1.165) is 19.9 Å². The Hall–Kier alpha value is 0.350. The summed E-state index contributed by atoms with van der Waals surface area (Å²) >= 11 is 0. The fraction of sp³-hybridized carbons (Fsp3) is 1.00. The molecule has 1 N–H and O–H groups in total. The molecule has 1 heterocycles. The lowest BCUT2D eigenvalue weighted by atomic mass is 9.58. The molecular formula is C10H21N2P. The molecule has 3 heteroatoms. The van der Waals surface area contributed by atoms with Gasteiger partial charge in [0.25, 0.3) is 0 Å². The molecule has 2 nitrogen and oxygen atoms in total. The van der Waals surface area contributed by atoms with Crippen LogP contribution in [0.5, 0.6) is 0 Å².